The normalized spacial score (nSPS) is 27.2. The third-order valence-electron chi connectivity index (χ3n) is 6.61. The molecule has 2 bridgehead atoms. The number of nitrogens with one attached hydrogen (secondary N) is 1. The molecular formula is C22H26N2O2S. The number of hydrogen-bond donors (Lipinski definition) is 1. The number of fused-ring (bicyclic) bond motifs is 1. The maximum Gasteiger partial charge on any atom is 0.279 e. The quantitative estimate of drug-likeness (QED) is 0.878. The summed E-state index contributed by atoms with van der Waals surface area (Å²) in [6.45, 7) is 1.82. The molecule has 4 nitrogen and oxygen atoms in total. The van der Waals surface area contributed by atoms with E-state index < -0.39 is 10.2 Å². The van der Waals surface area contributed by atoms with E-state index in [9.17, 15) is 8.42 Å². The fourth-order valence-corrected chi connectivity index (χ4v) is 6.71. The highest BCUT2D eigenvalue weighted by atomic mass is 32.2. The minimum Gasteiger partial charge on any atom is -0.202 e. The molecule has 0 aromatic heterocycles. The van der Waals surface area contributed by atoms with Gasteiger partial charge in [-0.05, 0) is 47.4 Å². The molecule has 1 heterocycles. The molecular weight excluding hydrogens is 356 g/mol. The van der Waals surface area contributed by atoms with Gasteiger partial charge in [-0.1, -0.05) is 55.0 Å². The first-order chi connectivity index (χ1) is 13.1. The summed E-state index contributed by atoms with van der Waals surface area (Å²) in [6.07, 6.45) is 4.08. The molecule has 6 rings (SSSR count). The molecule has 2 aromatic carbocycles. The van der Waals surface area contributed by atoms with Crippen LogP contribution in [0.1, 0.15) is 59.8 Å². The van der Waals surface area contributed by atoms with Gasteiger partial charge >= 0.3 is 0 Å². The molecule has 1 atom stereocenters. The molecule has 2 aromatic rings. The van der Waals surface area contributed by atoms with Crippen LogP contribution in [0, 0.1) is 5.92 Å². The van der Waals surface area contributed by atoms with E-state index in [1.165, 1.54) is 22.3 Å². The first-order valence-corrected chi connectivity index (χ1v) is 11.5. The molecule has 3 aliphatic carbocycles. The van der Waals surface area contributed by atoms with Crippen molar-refractivity contribution in [1.82, 2.24) is 9.03 Å². The van der Waals surface area contributed by atoms with Crippen LogP contribution in [0.25, 0.3) is 0 Å². The molecule has 1 N–H and O–H groups in total. The minimum absolute atomic E-state index is 0.284. The number of piperidine rings is 1. The first kappa shape index (κ1) is 17.4. The summed E-state index contributed by atoms with van der Waals surface area (Å²) in [7, 11) is -3.37. The van der Waals surface area contributed by atoms with Crippen LogP contribution in [0.2, 0.25) is 0 Å². The van der Waals surface area contributed by atoms with Gasteiger partial charge in [0.05, 0.1) is 0 Å². The monoisotopic (exact) mass is 382 g/mol. The molecule has 1 aliphatic heterocycles. The van der Waals surface area contributed by atoms with Crippen molar-refractivity contribution in [2.45, 2.75) is 37.5 Å². The summed E-state index contributed by atoms with van der Waals surface area (Å²) in [5.74, 6) is 0.970. The number of rotatable bonds is 4. The molecule has 0 spiro atoms. The summed E-state index contributed by atoms with van der Waals surface area (Å²) >= 11 is 0. The van der Waals surface area contributed by atoms with Crippen LogP contribution in [0.5, 0.6) is 0 Å². The SMILES string of the molecule is O=S(=O)(NCC1CC2c3ccccc3C1c1ccccc12)N1CCCCC1. The van der Waals surface area contributed by atoms with E-state index in [2.05, 4.69) is 53.3 Å². The van der Waals surface area contributed by atoms with Crippen molar-refractivity contribution in [2.24, 2.45) is 5.92 Å². The molecule has 0 saturated carbocycles. The molecule has 1 unspecified atom stereocenters. The van der Waals surface area contributed by atoms with Gasteiger partial charge in [0.25, 0.3) is 10.2 Å². The third kappa shape index (κ3) is 2.93. The molecule has 4 aliphatic rings. The van der Waals surface area contributed by atoms with Crippen LogP contribution >= 0.6 is 0 Å². The summed E-state index contributed by atoms with van der Waals surface area (Å²) in [5.41, 5.74) is 5.62. The Labute approximate surface area is 161 Å². The highest BCUT2D eigenvalue weighted by Crippen LogP contribution is 2.55. The molecule has 1 saturated heterocycles. The van der Waals surface area contributed by atoms with Crippen molar-refractivity contribution < 1.29 is 8.42 Å². The number of nitrogens with zero attached hydrogens (tertiary/aromatic N) is 1. The zero-order valence-corrected chi connectivity index (χ0v) is 16.3. The summed E-state index contributed by atoms with van der Waals surface area (Å²) in [5, 5.41) is 0. The van der Waals surface area contributed by atoms with Gasteiger partial charge in [-0.25, -0.2) is 4.72 Å². The van der Waals surface area contributed by atoms with Crippen molar-refractivity contribution in [3.05, 3.63) is 70.8 Å². The Balaban J connectivity index is 1.42. The second kappa shape index (κ2) is 6.73. The van der Waals surface area contributed by atoms with E-state index >= 15 is 0 Å². The lowest BCUT2D eigenvalue weighted by atomic mass is 9.59. The predicted molar refractivity (Wildman–Crippen MR) is 107 cm³/mol. The predicted octanol–water partition coefficient (Wildman–Crippen LogP) is 3.60. The number of hydrogen-bond acceptors (Lipinski definition) is 2. The summed E-state index contributed by atoms with van der Waals surface area (Å²) in [4.78, 5) is 0. The minimum atomic E-state index is -3.37. The van der Waals surface area contributed by atoms with Gasteiger partial charge in [-0.15, -0.1) is 0 Å². The fraction of sp³-hybridized carbons (Fsp3) is 0.455. The highest BCUT2D eigenvalue weighted by Gasteiger charge is 2.43. The molecule has 0 amide bonds. The van der Waals surface area contributed by atoms with E-state index in [1.54, 1.807) is 4.31 Å². The molecule has 5 heteroatoms. The lowest BCUT2D eigenvalue weighted by molar-refractivity contribution is 0.326. The standard InChI is InChI=1S/C22H26N2O2S/c25-27(26,24-12-6-1-7-13-24)23-15-16-14-21-17-8-2-4-10-19(17)22(16)20-11-5-3-9-18(20)21/h2-5,8-11,16,21-23H,1,6-7,12-15H2. The Morgan fingerprint density at radius 1 is 0.852 bits per heavy atom. The molecule has 1 fully saturated rings. The van der Waals surface area contributed by atoms with Crippen LogP contribution in [-0.4, -0.2) is 32.4 Å². The van der Waals surface area contributed by atoms with Gasteiger partial charge in [0.2, 0.25) is 0 Å². The van der Waals surface area contributed by atoms with Gasteiger partial charge in [0, 0.05) is 31.5 Å². The maximum atomic E-state index is 12.7. The summed E-state index contributed by atoms with van der Waals surface area (Å²) in [6, 6.07) is 17.4. The van der Waals surface area contributed by atoms with Crippen molar-refractivity contribution in [3.8, 4) is 0 Å². The maximum absolute atomic E-state index is 12.7. The van der Waals surface area contributed by atoms with Gasteiger partial charge in [0.15, 0.2) is 0 Å². The Bertz CT molecular complexity index is 903. The van der Waals surface area contributed by atoms with Crippen LogP contribution in [0.4, 0.5) is 0 Å². The van der Waals surface area contributed by atoms with Crippen LogP contribution in [-0.2, 0) is 10.2 Å². The zero-order chi connectivity index (χ0) is 18.4. The van der Waals surface area contributed by atoms with Crippen molar-refractivity contribution in [1.29, 1.82) is 0 Å². The van der Waals surface area contributed by atoms with E-state index in [1.807, 2.05) is 0 Å². The van der Waals surface area contributed by atoms with Crippen LogP contribution in [0.15, 0.2) is 48.5 Å². The Hall–Kier alpha value is -1.69. The summed E-state index contributed by atoms with van der Waals surface area (Å²) < 4.78 is 30.0. The Kier molecular flexibility index (Phi) is 4.34. The topological polar surface area (TPSA) is 49.4 Å². The average Bonchev–Trinajstić information content (AvgIpc) is 2.73. The van der Waals surface area contributed by atoms with Gasteiger partial charge < -0.3 is 0 Å². The van der Waals surface area contributed by atoms with Crippen molar-refractivity contribution >= 4 is 10.2 Å². The first-order valence-electron chi connectivity index (χ1n) is 10.1. The van der Waals surface area contributed by atoms with Gasteiger partial charge in [0.1, 0.15) is 0 Å². The lowest BCUT2D eigenvalue weighted by Gasteiger charge is -2.45. The molecule has 0 radical (unpaired) electrons. The lowest BCUT2D eigenvalue weighted by Crippen LogP contribution is -2.46. The van der Waals surface area contributed by atoms with E-state index in [0.29, 0.717) is 31.5 Å². The van der Waals surface area contributed by atoms with Gasteiger partial charge in [-0.3, -0.25) is 0 Å². The Morgan fingerprint density at radius 2 is 1.41 bits per heavy atom. The number of benzene rings is 2. The molecule has 142 valence electrons. The largest absolute Gasteiger partial charge is 0.279 e. The highest BCUT2D eigenvalue weighted by molar-refractivity contribution is 7.87. The second-order valence-electron chi connectivity index (χ2n) is 8.10. The second-order valence-corrected chi connectivity index (χ2v) is 9.85. The third-order valence-corrected chi connectivity index (χ3v) is 8.18. The van der Waals surface area contributed by atoms with E-state index in [0.717, 1.165) is 25.7 Å². The van der Waals surface area contributed by atoms with E-state index in [4.69, 9.17) is 0 Å². The van der Waals surface area contributed by atoms with Crippen LogP contribution < -0.4 is 4.72 Å². The van der Waals surface area contributed by atoms with E-state index in [-0.39, 0.29) is 5.92 Å². The Morgan fingerprint density at radius 3 is 2.00 bits per heavy atom. The molecule has 27 heavy (non-hydrogen) atoms. The smallest absolute Gasteiger partial charge is 0.202 e. The van der Waals surface area contributed by atoms with Crippen molar-refractivity contribution in [2.75, 3.05) is 19.6 Å². The fourth-order valence-electron chi connectivity index (χ4n) is 5.37. The zero-order valence-electron chi connectivity index (χ0n) is 15.5. The average molecular weight is 383 g/mol. The van der Waals surface area contributed by atoms with Crippen molar-refractivity contribution in [3.63, 3.8) is 0 Å². The van der Waals surface area contributed by atoms with Gasteiger partial charge in [-0.2, -0.15) is 12.7 Å². The van der Waals surface area contributed by atoms with Crippen LogP contribution in [0.3, 0.4) is 0 Å².